The Morgan fingerprint density at radius 3 is 2.28 bits per heavy atom. The first kappa shape index (κ1) is 32.2. The molecule has 0 amide bonds. The average molecular weight is 595 g/mol. The maximum absolute atomic E-state index is 13.1. The fourth-order valence-electron chi connectivity index (χ4n) is 10.4. The molecule has 240 valence electrons. The summed E-state index contributed by atoms with van der Waals surface area (Å²) in [6.07, 6.45) is 16.7. The van der Waals surface area contributed by atoms with Gasteiger partial charge in [0, 0.05) is 6.42 Å². The Hall–Kier alpha value is -2.17. The molecule has 3 saturated carbocycles. The number of carbonyl (C=O) groups is 1. The molecule has 4 aliphatic rings. The van der Waals surface area contributed by atoms with Gasteiger partial charge in [-0.05, 0) is 109 Å². The van der Waals surface area contributed by atoms with E-state index in [-0.39, 0.29) is 23.9 Å². The summed E-state index contributed by atoms with van der Waals surface area (Å²) < 4.78 is 22.5. The van der Waals surface area contributed by atoms with E-state index in [4.69, 9.17) is 18.9 Å². The van der Waals surface area contributed by atoms with Crippen LogP contribution in [0.3, 0.4) is 0 Å². The van der Waals surface area contributed by atoms with Crippen LogP contribution in [0.2, 0.25) is 0 Å². The minimum absolute atomic E-state index is 0.0400. The van der Waals surface area contributed by atoms with Gasteiger partial charge in [-0.15, -0.1) is 0 Å². The van der Waals surface area contributed by atoms with E-state index >= 15 is 0 Å². The standard InChI is InChI=1S/C38H58O5/c1-24(2)10-9-11-25(3)30-14-15-31-29-13-12-27-23-28(16-18-37(27,4)32(29)17-19-38(30,31)5)43-35(39)22-26-20-33(40-6)36(42-8)34(21-26)41-7/h12,20-21,24-25,28-32H,9-11,13-19,22-23H2,1-8H3/t25-,28+,29-,30+,31+,32+,37+,38-/m1/s1. The Bertz CT molecular complexity index is 1150. The van der Waals surface area contributed by atoms with Gasteiger partial charge in [0.25, 0.3) is 0 Å². The van der Waals surface area contributed by atoms with Crippen LogP contribution in [-0.4, -0.2) is 33.4 Å². The highest BCUT2D eigenvalue weighted by Crippen LogP contribution is 2.67. The highest BCUT2D eigenvalue weighted by atomic mass is 16.5. The molecule has 0 N–H and O–H groups in total. The van der Waals surface area contributed by atoms with Crippen molar-refractivity contribution in [3.05, 3.63) is 29.3 Å². The summed E-state index contributed by atoms with van der Waals surface area (Å²) in [6, 6.07) is 3.67. The second-order valence-corrected chi connectivity index (χ2v) is 15.4. The molecule has 0 saturated heterocycles. The summed E-state index contributed by atoms with van der Waals surface area (Å²) in [7, 11) is 4.77. The van der Waals surface area contributed by atoms with E-state index in [2.05, 4.69) is 40.7 Å². The summed E-state index contributed by atoms with van der Waals surface area (Å²) in [5.41, 5.74) is 3.13. The van der Waals surface area contributed by atoms with Gasteiger partial charge in [-0.25, -0.2) is 0 Å². The maximum Gasteiger partial charge on any atom is 0.310 e. The first-order valence-corrected chi connectivity index (χ1v) is 17.2. The van der Waals surface area contributed by atoms with Crippen molar-refractivity contribution in [3.8, 4) is 17.2 Å². The second-order valence-electron chi connectivity index (χ2n) is 15.4. The largest absolute Gasteiger partial charge is 0.493 e. The van der Waals surface area contributed by atoms with E-state index in [1.165, 1.54) is 51.4 Å². The van der Waals surface area contributed by atoms with E-state index in [1.54, 1.807) is 26.9 Å². The van der Waals surface area contributed by atoms with Crippen LogP contribution in [0.15, 0.2) is 23.8 Å². The molecule has 0 aliphatic heterocycles. The fraction of sp³-hybridized carbons (Fsp3) is 0.763. The van der Waals surface area contributed by atoms with Gasteiger partial charge in [0.15, 0.2) is 11.5 Å². The first-order valence-electron chi connectivity index (χ1n) is 17.2. The predicted molar refractivity (Wildman–Crippen MR) is 173 cm³/mol. The zero-order valence-corrected chi connectivity index (χ0v) is 28.3. The molecule has 0 unspecified atom stereocenters. The van der Waals surface area contributed by atoms with Crippen LogP contribution < -0.4 is 14.2 Å². The molecular formula is C38H58O5. The maximum atomic E-state index is 13.1. The van der Waals surface area contributed by atoms with Crippen molar-refractivity contribution < 1.29 is 23.7 Å². The normalized spacial score (nSPS) is 34.0. The Kier molecular flexibility index (Phi) is 9.78. The number of methoxy groups -OCH3 is 3. The number of rotatable bonds is 11. The Balaban J connectivity index is 1.22. The third-order valence-electron chi connectivity index (χ3n) is 12.6. The van der Waals surface area contributed by atoms with Gasteiger partial charge < -0.3 is 18.9 Å². The fourth-order valence-corrected chi connectivity index (χ4v) is 10.4. The quantitative estimate of drug-likeness (QED) is 0.189. The van der Waals surface area contributed by atoms with E-state index < -0.39 is 0 Å². The van der Waals surface area contributed by atoms with E-state index in [0.717, 1.165) is 60.3 Å². The van der Waals surface area contributed by atoms with Gasteiger partial charge in [-0.3, -0.25) is 4.79 Å². The molecule has 43 heavy (non-hydrogen) atoms. The summed E-state index contributed by atoms with van der Waals surface area (Å²) >= 11 is 0. The van der Waals surface area contributed by atoms with Crippen molar-refractivity contribution in [1.82, 2.24) is 0 Å². The molecule has 4 aliphatic carbocycles. The highest BCUT2D eigenvalue weighted by molar-refractivity contribution is 5.74. The average Bonchev–Trinajstić information content (AvgIpc) is 3.33. The predicted octanol–water partition coefficient (Wildman–Crippen LogP) is 9.21. The topological polar surface area (TPSA) is 54.0 Å². The van der Waals surface area contributed by atoms with Gasteiger partial charge in [0.1, 0.15) is 6.10 Å². The smallest absolute Gasteiger partial charge is 0.310 e. The van der Waals surface area contributed by atoms with Gasteiger partial charge in [-0.1, -0.05) is 65.5 Å². The van der Waals surface area contributed by atoms with Crippen molar-refractivity contribution in [2.75, 3.05) is 21.3 Å². The lowest BCUT2D eigenvalue weighted by molar-refractivity contribution is -0.150. The molecule has 0 heterocycles. The Labute approximate surface area is 261 Å². The third kappa shape index (κ3) is 6.21. The molecule has 3 fully saturated rings. The zero-order valence-electron chi connectivity index (χ0n) is 28.3. The zero-order chi connectivity index (χ0) is 30.9. The molecule has 5 heteroatoms. The number of benzene rings is 1. The number of hydrogen-bond donors (Lipinski definition) is 0. The van der Waals surface area contributed by atoms with Crippen LogP contribution in [-0.2, 0) is 16.0 Å². The van der Waals surface area contributed by atoms with Crippen LogP contribution in [0.1, 0.15) is 111 Å². The molecule has 0 spiro atoms. The molecule has 1 aromatic rings. The summed E-state index contributed by atoms with van der Waals surface area (Å²) in [4.78, 5) is 13.1. The highest BCUT2D eigenvalue weighted by Gasteiger charge is 2.59. The second kappa shape index (κ2) is 13.1. The number of esters is 1. The van der Waals surface area contributed by atoms with Crippen LogP contribution in [0.4, 0.5) is 0 Å². The van der Waals surface area contributed by atoms with Crippen molar-refractivity contribution >= 4 is 5.97 Å². The van der Waals surface area contributed by atoms with Gasteiger partial charge in [-0.2, -0.15) is 0 Å². The minimum Gasteiger partial charge on any atom is -0.493 e. The number of allylic oxidation sites excluding steroid dienone is 1. The number of hydrogen-bond acceptors (Lipinski definition) is 5. The Morgan fingerprint density at radius 2 is 1.63 bits per heavy atom. The third-order valence-corrected chi connectivity index (χ3v) is 12.6. The van der Waals surface area contributed by atoms with Crippen LogP contribution in [0, 0.1) is 46.3 Å². The van der Waals surface area contributed by atoms with Gasteiger partial charge >= 0.3 is 5.97 Å². The van der Waals surface area contributed by atoms with Crippen molar-refractivity contribution in [3.63, 3.8) is 0 Å². The van der Waals surface area contributed by atoms with Crippen molar-refractivity contribution in [2.24, 2.45) is 46.3 Å². The molecule has 5 nitrogen and oxygen atoms in total. The Morgan fingerprint density at radius 1 is 0.907 bits per heavy atom. The first-order chi connectivity index (χ1) is 20.5. The van der Waals surface area contributed by atoms with Crippen molar-refractivity contribution in [1.29, 1.82) is 0 Å². The van der Waals surface area contributed by atoms with E-state index in [0.29, 0.717) is 22.7 Å². The van der Waals surface area contributed by atoms with Crippen LogP contribution in [0.5, 0.6) is 17.2 Å². The van der Waals surface area contributed by atoms with E-state index in [1.807, 2.05) is 12.1 Å². The number of fused-ring (bicyclic) bond motifs is 5. The molecule has 8 atom stereocenters. The number of ether oxygens (including phenoxy) is 4. The SMILES string of the molecule is COc1cc(CC(=O)O[C@H]2CC[C@@]3(C)C(=CC[C@@H]4[C@@H]5CC[C@@H]([C@H](C)CCCC(C)C)[C@@]5(C)CC[C@@H]43)C2)cc(OC)c1OC. The van der Waals surface area contributed by atoms with Crippen molar-refractivity contribution in [2.45, 2.75) is 118 Å². The lowest BCUT2D eigenvalue weighted by Gasteiger charge is -2.58. The number of carbonyl (C=O) groups excluding carboxylic acids is 1. The lowest BCUT2D eigenvalue weighted by atomic mass is 9.47. The summed E-state index contributed by atoms with van der Waals surface area (Å²) in [5, 5.41) is 0. The molecule has 0 aromatic heterocycles. The molecule has 5 rings (SSSR count). The molecule has 0 radical (unpaired) electrons. The minimum atomic E-state index is -0.190. The molecule has 1 aromatic carbocycles. The molecule has 0 bridgehead atoms. The van der Waals surface area contributed by atoms with Gasteiger partial charge in [0.2, 0.25) is 5.75 Å². The summed E-state index contributed by atoms with van der Waals surface area (Å²) in [6.45, 7) is 12.5. The van der Waals surface area contributed by atoms with E-state index in [9.17, 15) is 4.79 Å². The van der Waals surface area contributed by atoms with Gasteiger partial charge in [0.05, 0.1) is 27.8 Å². The summed E-state index contributed by atoms with van der Waals surface area (Å²) in [5.74, 6) is 6.47. The lowest BCUT2D eigenvalue weighted by Crippen LogP contribution is -2.51. The van der Waals surface area contributed by atoms with Crippen LogP contribution in [0.25, 0.3) is 0 Å². The molecular weight excluding hydrogens is 536 g/mol. The monoisotopic (exact) mass is 594 g/mol. The van der Waals surface area contributed by atoms with Crippen LogP contribution >= 0.6 is 0 Å².